The second-order valence-electron chi connectivity index (χ2n) is 5.79. The fourth-order valence-electron chi connectivity index (χ4n) is 2.61. The van der Waals surface area contributed by atoms with Crippen molar-refractivity contribution >= 4 is 31.9 Å². The molecule has 8 heteroatoms. The Balaban J connectivity index is 2.18. The lowest BCUT2D eigenvalue weighted by Gasteiger charge is -2.33. The molecule has 0 bridgehead atoms. The number of benzene rings is 1. The Hall–Kier alpha value is -0.960. The van der Waals surface area contributed by atoms with E-state index in [2.05, 4.69) is 20.7 Å². The number of amides is 1. The normalized spacial score (nSPS) is 18.1. The van der Waals surface area contributed by atoms with Gasteiger partial charge in [0.15, 0.2) is 0 Å². The van der Waals surface area contributed by atoms with E-state index in [-0.39, 0.29) is 17.0 Å². The summed E-state index contributed by atoms with van der Waals surface area (Å²) in [6.07, 6.45) is 4.78. The van der Waals surface area contributed by atoms with Gasteiger partial charge in [-0.2, -0.15) is 0 Å². The molecule has 1 fully saturated rings. The topological polar surface area (TPSA) is 115 Å². The van der Waals surface area contributed by atoms with Gasteiger partial charge in [0.05, 0.1) is 4.90 Å². The molecule has 5 N–H and O–H groups in total. The van der Waals surface area contributed by atoms with Crippen LogP contribution in [0.4, 0.5) is 0 Å². The van der Waals surface area contributed by atoms with Gasteiger partial charge in [0.1, 0.15) is 0 Å². The highest BCUT2D eigenvalue weighted by atomic mass is 79.9. The summed E-state index contributed by atoms with van der Waals surface area (Å²) in [5.74, 6) is -0.680. The van der Waals surface area contributed by atoms with E-state index in [1.807, 2.05) is 0 Å². The van der Waals surface area contributed by atoms with E-state index in [0.29, 0.717) is 4.47 Å². The van der Waals surface area contributed by atoms with Crippen LogP contribution in [0.2, 0.25) is 0 Å². The largest absolute Gasteiger partial charge is 0.366 e. The van der Waals surface area contributed by atoms with Gasteiger partial charge < -0.3 is 11.5 Å². The zero-order valence-corrected chi connectivity index (χ0v) is 14.5. The molecular formula is C14H20BrN3O3S. The van der Waals surface area contributed by atoms with E-state index in [0.717, 1.165) is 32.1 Å². The number of carbonyl (C=O) groups is 1. The molecule has 0 aromatic heterocycles. The average Bonchev–Trinajstić information content (AvgIpc) is 2.45. The lowest BCUT2D eigenvalue weighted by Crippen LogP contribution is -2.51. The third-order valence-corrected chi connectivity index (χ3v) is 5.77. The third-order valence-electron chi connectivity index (χ3n) is 3.93. The summed E-state index contributed by atoms with van der Waals surface area (Å²) in [5.41, 5.74) is 11.1. The van der Waals surface area contributed by atoms with Gasteiger partial charge in [-0.25, -0.2) is 13.1 Å². The fourth-order valence-corrected chi connectivity index (χ4v) is 4.47. The Morgan fingerprint density at radius 3 is 2.45 bits per heavy atom. The molecule has 0 spiro atoms. The smallest absolute Gasteiger partial charge is 0.248 e. The second kappa shape index (κ2) is 6.66. The molecule has 0 saturated heterocycles. The zero-order chi connectivity index (χ0) is 16.4. The minimum Gasteiger partial charge on any atom is -0.366 e. The summed E-state index contributed by atoms with van der Waals surface area (Å²) >= 11 is 3.19. The highest BCUT2D eigenvalue weighted by Gasteiger charge is 2.29. The van der Waals surface area contributed by atoms with Gasteiger partial charge in [-0.05, 0) is 31.0 Å². The molecule has 1 aromatic rings. The SMILES string of the molecule is NC(=O)c1cc(Br)cc(S(=O)(=O)NCC2(N)CCCCC2)c1. The van der Waals surface area contributed by atoms with Gasteiger partial charge in [0.2, 0.25) is 15.9 Å². The van der Waals surface area contributed by atoms with Crippen LogP contribution < -0.4 is 16.2 Å². The van der Waals surface area contributed by atoms with E-state index >= 15 is 0 Å². The number of hydrogen-bond donors (Lipinski definition) is 3. The molecule has 1 saturated carbocycles. The van der Waals surface area contributed by atoms with Crippen LogP contribution in [0.25, 0.3) is 0 Å². The standard InChI is InChI=1S/C14H20BrN3O3S/c15-11-6-10(13(16)19)7-12(8-11)22(20,21)18-9-14(17)4-2-1-3-5-14/h6-8,18H,1-5,9,17H2,(H2,16,19). The van der Waals surface area contributed by atoms with Crippen molar-refractivity contribution in [2.75, 3.05) is 6.54 Å². The fraction of sp³-hybridized carbons (Fsp3) is 0.500. The molecule has 2 rings (SSSR count). The molecule has 6 nitrogen and oxygen atoms in total. The molecule has 122 valence electrons. The molecule has 1 aliphatic rings. The summed E-state index contributed by atoms with van der Waals surface area (Å²) in [6, 6.07) is 4.17. The number of primary amides is 1. The predicted molar refractivity (Wildman–Crippen MR) is 87.9 cm³/mol. The highest BCUT2D eigenvalue weighted by Crippen LogP contribution is 2.26. The Labute approximate surface area is 138 Å². The molecule has 1 aliphatic carbocycles. The van der Waals surface area contributed by atoms with Crippen LogP contribution in [0, 0.1) is 0 Å². The number of nitrogens with two attached hydrogens (primary N) is 2. The Bertz CT molecular complexity index is 670. The predicted octanol–water partition coefficient (Wildman–Crippen LogP) is 1.49. The van der Waals surface area contributed by atoms with E-state index in [1.54, 1.807) is 0 Å². The highest BCUT2D eigenvalue weighted by molar-refractivity contribution is 9.10. The van der Waals surface area contributed by atoms with Crippen molar-refractivity contribution in [1.29, 1.82) is 0 Å². The molecule has 0 heterocycles. The van der Waals surface area contributed by atoms with Crippen molar-refractivity contribution in [3.05, 3.63) is 28.2 Å². The summed E-state index contributed by atoms with van der Waals surface area (Å²) in [4.78, 5) is 11.3. The Kier molecular flexibility index (Phi) is 5.26. The molecule has 1 aromatic carbocycles. The number of halogens is 1. The van der Waals surface area contributed by atoms with Gasteiger partial charge in [-0.1, -0.05) is 35.2 Å². The number of rotatable bonds is 5. The first-order chi connectivity index (χ1) is 10.2. The summed E-state index contributed by atoms with van der Waals surface area (Å²) in [6.45, 7) is 0.188. The van der Waals surface area contributed by atoms with Crippen LogP contribution in [0.15, 0.2) is 27.6 Å². The van der Waals surface area contributed by atoms with Crippen LogP contribution >= 0.6 is 15.9 Å². The summed E-state index contributed by atoms with van der Waals surface area (Å²) < 4.78 is 27.8. The number of hydrogen-bond acceptors (Lipinski definition) is 4. The van der Waals surface area contributed by atoms with Crippen LogP contribution in [0.3, 0.4) is 0 Å². The Morgan fingerprint density at radius 2 is 1.86 bits per heavy atom. The lowest BCUT2D eigenvalue weighted by atomic mass is 9.83. The molecule has 0 aliphatic heterocycles. The molecule has 1 amide bonds. The summed E-state index contributed by atoms with van der Waals surface area (Å²) in [5, 5.41) is 0. The van der Waals surface area contributed by atoms with E-state index in [9.17, 15) is 13.2 Å². The van der Waals surface area contributed by atoms with Crippen LogP contribution in [0.5, 0.6) is 0 Å². The lowest BCUT2D eigenvalue weighted by molar-refractivity contribution is 0.1000. The van der Waals surface area contributed by atoms with Crippen molar-refractivity contribution in [2.24, 2.45) is 11.5 Å². The monoisotopic (exact) mass is 389 g/mol. The van der Waals surface area contributed by atoms with Gasteiger partial charge >= 0.3 is 0 Å². The zero-order valence-electron chi connectivity index (χ0n) is 12.1. The molecular weight excluding hydrogens is 370 g/mol. The first-order valence-electron chi connectivity index (χ1n) is 7.11. The average molecular weight is 390 g/mol. The van der Waals surface area contributed by atoms with Crippen molar-refractivity contribution in [2.45, 2.75) is 42.5 Å². The second-order valence-corrected chi connectivity index (χ2v) is 8.47. The quantitative estimate of drug-likeness (QED) is 0.706. The van der Waals surface area contributed by atoms with Gasteiger partial charge in [0.25, 0.3) is 0 Å². The van der Waals surface area contributed by atoms with Crippen molar-refractivity contribution in [3.63, 3.8) is 0 Å². The minimum atomic E-state index is -3.74. The van der Waals surface area contributed by atoms with E-state index in [1.165, 1.54) is 18.2 Å². The van der Waals surface area contributed by atoms with Crippen LogP contribution in [-0.4, -0.2) is 26.4 Å². The molecule has 0 unspecified atom stereocenters. The van der Waals surface area contributed by atoms with E-state index < -0.39 is 21.5 Å². The number of nitrogens with one attached hydrogen (secondary N) is 1. The van der Waals surface area contributed by atoms with Crippen molar-refractivity contribution in [3.8, 4) is 0 Å². The van der Waals surface area contributed by atoms with Gasteiger partial charge in [-0.15, -0.1) is 0 Å². The maximum absolute atomic E-state index is 12.4. The van der Waals surface area contributed by atoms with Gasteiger partial charge in [0, 0.05) is 22.1 Å². The number of sulfonamides is 1. The van der Waals surface area contributed by atoms with Crippen LogP contribution in [-0.2, 0) is 10.0 Å². The third kappa shape index (κ3) is 4.28. The first-order valence-corrected chi connectivity index (χ1v) is 9.38. The molecule has 0 radical (unpaired) electrons. The maximum Gasteiger partial charge on any atom is 0.248 e. The maximum atomic E-state index is 12.4. The molecule has 22 heavy (non-hydrogen) atoms. The van der Waals surface area contributed by atoms with Gasteiger partial charge in [-0.3, -0.25) is 4.79 Å². The van der Waals surface area contributed by atoms with Crippen molar-refractivity contribution in [1.82, 2.24) is 4.72 Å². The molecule has 0 atom stereocenters. The first kappa shape index (κ1) is 17.4. The number of carbonyl (C=O) groups excluding carboxylic acids is 1. The Morgan fingerprint density at radius 1 is 1.23 bits per heavy atom. The minimum absolute atomic E-state index is 0.00455. The summed E-state index contributed by atoms with van der Waals surface area (Å²) in [7, 11) is -3.74. The van der Waals surface area contributed by atoms with Crippen LogP contribution in [0.1, 0.15) is 42.5 Å². The van der Waals surface area contributed by atoms with E-state index in [4.69, 9.17) is 11.5 Å². The van der Waals surface area contributed by atoms with Crippen molar-refractivity contribution < 1.29 is 13.2 Å².